The lowest BCUT2D eigenvalue weighted by molar-refractivity contribution is -0.145. The molecule has 0 aromatic carbocycles. The molecule has 1 saturated carbocycles. The summed E-state index contributed by atoms with van der Waals surface area (Å²) in [7, 11) is 0. The van der Waals surface area contributed by atoms with Crippen molar-refractivity contribution in [2.45, 2.75) is 57.9 Å². The average Bonchev–Trinajstić information content (AvgIpc) is 2.53. The Labute approximate surface area is 127 Å². The van der Waals surface area contributed by atoms with Gasteiger partial charge < -0.3 is 15.3 Å². The molecule has 1 unspecified atom stereocenters. The molecule has 1 heterocycles. The first-order valence-electron chi connectivity index (χ1n) is 8.32. The number of aliphatic carboxylic acids is 1. The lowest BCUT2D eigenvalue weighted by Gasteiger charge is -2.32. The second kappa shape index (κ2) is 7.78. The summed E-state index contributed by atoms with van der Waals surface area (Å²) in [5, 5.41) is 12.3. The lowest BCUT2D eigenvalue weighted by atomic mass is 9.84. The Morgan fingerprint density at radius 1 is 1.14 bits per heavy atom. The van der Waals surface area contributed by atoms with E-state index in [4.69, 9.17) is 5.11 Å². The van der Waals surface area contributed by atoms with Crippen molar-refractivity contribution < 1.29 is 14.7 Å². The van der Waals surface area contributed by atoms with Gasteiger partial charge in [0.05, 0.1) is 12.5 Å². The Balaban J connectivity index is 1.68. The maximum absolute atomic E-state index is 12.2. The molecule has 1 aliphatic carbocycles. The molecule has 2 fully saturated rings. The Morgan fingerprint density at radius 3 is 2.33 bits per heavy atom. The Morgan fingerprint density at radius 2 is 1.76 bits per heavy atom. The molecular weight excluding hydrogens is 268 g/mol. The van der Waals surface area contributed by atoms with Gasteiger partial charge in [0.25, 0.3) is 0 Å². The Hall–Kier alpha value is -1.10. The van der Waals surface area contributed by atoms with Crippen LogP contribution in [0.1, 0.15) is 51.9 Å². The van der Waals surface area contributed by atoms with E-state index in [0.29, 0.717) is 44.4 Å². The van der Waals surface area contributed by atoms with Crippen LogP contribution in [0.4, 0.5) is 0 Å². The molecule has 1 amide bonds. The number of likely N-dealkylation sites (tertiary alicyclic amines) is 1. The van der Waals surface area contributed by atoms with Gasteiger partial charge in [0.15, 0.2) is 0 Å². The maximum atomic E-state index is 12.2. The average molecular weight is 296 g/mol. The van der Waals surface area contributed by atoms with E-state index in [0.717, 1.165) is 0 Å². The smallest absolute Gasteiger partial charge is 0.306 e. The van der Waals surface area contributed by atoms with Crippen LogP contribution in [0.5, 0.6) is 0 Å². The van der Waals surface area contributed by atoms with Crippen molar-refractivity contribution in [2.75, 3.05) is 19.6 Å². The van der Waals surface area contributed by atoms with E-state index in [9.17, 15) is 9.59 Å². The standard InChI is InChI=1S/C16H28N2O3/c1-12(13-5-3-2-4-6-13)17-11-15(19)18-9-7-14(8-10-18)16(20)21/h12-14,17H,2-11H2,1H3,(H,20,21). The highest BCUT2D eigenvalue weighted by molar-refractivity contribution is 5.79. The van der Waals surface area contributed by atoms with E-state index >= 15 is 0 Å². The first-order valence-corrected chi connectivity index (χ1v) is 8.32. The van der Waals surface area contributed by atoms with E-state index < -0.39 is 5.97 Å². The zero-order valence-electron chi connectivity index (χ0n) is 13.0. The molecule has 1 atom stereocenters. The van der Waals surface area contributed by atoms with Crippen molar-refractivity contribution in [2.24, 2.45) is 11.8 Å². The van der Waals surface area contributed by atoms with Crippen molar-refractivity contribution in [3.8, 4) is 0 Å². The predicted octanol–water partition coefficient (Wildman–Crippen LogP) is 1.87. The third kappa shape index (κ3) is 4.70. The minimum Gasteiger partial charge on any atom is -0.481 e. The molecular formula is C16H28N2O3. The van der Waals surface area contributed by atoms with Crippen LogP contribution < -0.4 is 5.32 Å². The minimum absolute atomic E-state index is 0.112. The predicted molar refractivity (Wildman–Crippen MR) is 81.0 cm³/mol. The zero-order chi connectivity index (χ0) is 15.2. The molecule has 1 saturated heterocycles. The number of amides is 1. The van der Waals surface area contributed by atoms with E-state index in [1.165, 1.54) is 32.1 Å². The molecule has 2 N–H and O–H groups in total. The summed E-state index contributed by atoms with van der Waals surface area (Å²) < 4.78 is 0. The second-order valence-electron chi connectivity index (χ2n) is 6.56. The van der Waals surface area contributed by atoms with Gasteiger partial charge in [0.1, 0.15) is 0 Å². The molecule has 1 aliphatic heterocycles. The number of carboxylic acids is 1. The fourth-order valence-corrected chi connectivity index (χ4v) is 3.54. The van der Waals surface area contributed by atoms with Crippen molar-refractivity contribution in [3.63, 3.8) is 0 Å². The quantitative estimate of drug-likeness (QED) is 0.812. The van der Waals surface area contributed by atoms with Gasteiger partial charge in [-0.3, -0.25) is 9.59 Å². The third-order valence-corrected chi connectivity index (χ3v) is 5.13. The lowest BCUT2D eigenvalue weighted by Crippen LogP contribution is -2.46. The molecule has 21 heavy (non-hydrogen) atoms. The van der Waals surface area contributed by atoms with Crippen LogP contribution in [-0.4, -0.2) is 47.6 Å². The van der Waals surface area contributed by atoms with Crippen LogP contribution in [0.3, 0.4) is 0 Å². The molecule has 0 aromatic heterocycles. The molecule has 0 aromatic rings. The highest BCUT2D eigenvalue weighted by Gasteiger charge is 2.27. The van der Waals surface area contributed by atoms with Crippen molar-refractivity contribution in [1.82, 2.24) is 10.2 Å². The summed E-state index contributed by atoms with van der Waals surface area (Å²) in [5.74, 6) is -0.194. The molecule has 0 spiro atoms. The molecule has 0 radical (unpaired) electrons. The topological polar surface area (TPSA) is 69.6 Å². The van der Waals surface area contributed by atoms with E-state index in [1.807, 2.05) is 0 Å². The summed E-state index contributed by atoms with van der Waals surface area (Å²) >= 11 is 0. The van der Waals surface area contributed by atoms with Gasteiger partial charge in [-0.05, 0) is 38.5 Å². The first-order chi connectivity index (χ1) is 10.1. The van der Waals surface area contributed by atoms with Crippen molar-refractivity contribution in [1.29, 1.82) is 0 Å². The van der Waals surface area contributed by atoms with Crippen molar-refractivity contribution in [3.05, 3.63) is 0 Å². The Kier molecular flexibility index (Phi) is 6.03. The van der Waals surface area contributed by atoms with Gasteiger partial charge in [-0.15, -0.1) is 0 Å². The number of carbonyl (C=O) groups excluding carboxylic acids is 1. The van der Waals surface area contributed by atoms with Gasteiger partial charge >= 0.3 is 5.97 Å². The minimum atomic E-state index is -0.730. The highest BCUT2D eigenvalue weighted by atomic mass is 16.4. The molecule has 0 bridgehead atoms. The summed E-state index contributed by atoms with van der Waals surface area (Å²) in [6.45, 7) is 3.72. The number of hydrogen-bond acceptors (Lipinski definition) is 3. The Bertz CT molecular complexity index is 359. The van der Waals surface area contributed by atoms with Crippen LogP contribution in [0.25, 0.3) is 0 Å². The summed E-state index contributed by atoms with van der Waals surface area (Å²) in [4.78, 5) is 24.9. The van der Waals surface area contributed by atoms with Gasteiger partial charge in [0, 0.05) is 19.1 Å². The second-order valence-corrected chi connectivity index (χ2v) is 6.56. The molecule has 5 heteroatoms. The van der Waals surface area contributed by atoms with Crippen molar-refractivity contribution >= 4 is 11.9 Å². The number of nitrogens with one attached hydrogen (secondary N) is 1. The summed E-state index contributed by atoms with van der Waals surface area (Å²) in [5.41, 5.74) is 0. The van der Waals surface area contributed by atoms with Crippen LogP contribution in [-0.2, 0) is 9.59 Å². The van der Waals surface area contributed by atoms with Crippen LogP contribution >= 0.6 is 0 Å². The fraction of sp³-hybridized carbons (Fsp3) is 0.875. The molecule has 2 rings (SSSR count). The van der Waals surface area contributed by atoms with E-state index in [1.54, 1.807) is 4.90 Å². The summed E-state index contributed by atoms with van der Waals surface area (Å²) in [6.07, 6.45) is 7.68. The maximum Gasteiger partial charge on any atom is 0.306 e. The van der Waals surface area contributed by atoms with E-state index in [2.05, 4.69) is 12.2 Å². The molecule has 5 nitrogen and oxygen atoms in total. The van der Waals surface area contributed by atoms with Crippen LogP contribution in [0, 0.1) is 11.8 Å². The normalized spacial score (nSPS) is 23.0. The number of piperidine rings is 1. The van der Waals surface area contributed by atoms with Crippen LogP contribution in [0.15, 0.2) is 0 Å². The third-order valence-electron chi connectivity index (χ3n) is 5.13. The summed E-state index contributed by atoms with van der Waals surface area (Å²) in [6, 6.07) is 0.394. The number of carbonyl (C=O) groups is 2. The first kappa shape index (κ1) is 16.3. The van der Waals surface area contributed by atoms with E-state index in [-0.39, 0.29) is 11.8 Å². The number of rotatable bonds is 5. The number of nitrogens with zero attached hydrogens (tertiary/aromatic N) is 1. The monoisotopic (exact) mass is 296 g/mol. The molecule has 120 valence electrons. The SMILES string of the molecule is CC(NCC(=O)N1CCC(C(=O)O)CC1)C1CCCCC1. The molecule has 2 aliphatic rings. The van der Waals surface area contributed by atoms with Gasteiger partial charge in [-0.2, -0.15) is 0 Å². The fourth-order valence-electron chi connectivity index (χ4n) is 3.54. The van der Waals surface area contributed by atoms with Gasteiger partial charge in [0.2, 0.25) is 5.91 Å². The van der Waals surface area contributed by atoms with Crippen LogP contribution in [0.2, 0.25) is 0 Å². The van der Waals surface area contributed by atoms with Gasteiger partial charge in [-0.25, -0.2) is 0 Å². The van der Waals surface area contributed by atoms with Gasteiger partial charge in [-0.1, -0.05) is 19.3 Å². The number of carboxylic acid groups (broad SMARTS) is 1. The zero-order valence-corrected chi connectivity index (χ0v) is 13.0. The highest BCUT2D eigenvalue weighted by Crippen LogP contribution is 2.26. The largest absolute Gasteiger partial charge is 0.481 e. The number of hydrogen-bond donors (Lipinski definition) is 2.